The maximum Gasteiger partial charge on any atom is 0 e. The van der Waals surface area contributed by atoms with Gasteiger partial charge in [0.2, 0.25) is 0 Å². The second-order valence-electron chi connectivity index (χ2n) is 8.28. The van der Waals surface area contributed by atoms with Gasteiger partial charge in [0.25, 0.3) is 0 Å². The van der Waals surface area contributed by atoms with E-state index in [-0.39, 0.29) is 40.8 Å². The topological polar surface area (TPSA) is 0 Å². The van der Waals surface area contributed by atoms with E-state index in [1.807, 2.05) is 0 Å². The molecule has 0 aromatic carbocycles. The van der Waals surface area contributed by atoms with Crippen LogP contribution >= 0.6 is 0 Å². The maximum atomic E-state index is 2.24. The van der Waals surface area contributed by atoms with Crippen LogP contribution in [0.1, 0.15) is 83.1 Å². The summed E-state index contributed by atoms with van der Waals surface area (Å²) in [6, 6.07) is 0. The van der Waals surface area contributed by atoms with Crippen molar-refractivity contribution in [2.45, 2.75) is 83.1 Å². The smallest absolute Gasteiger partial charge is 0 e. The molecule has 0 N–H and O–H groups in total. The zero-order valence-electron chi connectivity index (χ0n) is 20.2. The van der Waals surface area contributed by atoms with Crippen molar-refractivity contribution in [1.29, 1.82) is 0 Å². The third-order valence-electron chi connectivity index (χ3n) is 6.54. The van der Waals surface area contributed by atoms with E-state index < -0.39 is 0 Å². The molecule has 0 aromatic rings. The number of rotatable bonds is 0. The molecule has 0 nitrogen and oxygen atoms in total. The summed E-state index contributed by atoms with van der Waals surface area (Å²) in [7, 11) is 0. The molecular formula is C27H39Nd. The second kappa shape index (κ2) is 13.0. The van der Waals surface area contributed by atoms with E-state index in [2.05, 4.69) is 102 Å². The molecule has 3 aliphatic carbocycles. The van der Waals surface area contributed by atoms with Crippen molar-refractivity contribution in [2.75, 3.05) is 0 Å². The minimum absolute atomic E-state index is 0. The van der Waals surface area contributed by atoms with Crippen molar-refractivity contribution in [2.24, 2.45) is 0 Å². The minimum Gasteiger partial charge on any atom is -0.0582 e. The van der Waals surface area contributed by atoms with E-state index >= 15 is 0 Å². The Morgan fingerprint density at radius 2 is 0.393 bits per heavy atom. The fourth-order valence-corrected chi connectivity index (χ4v) is 3.40. The SMILES string of the molecule is C[C]1[CH][C](C)[C](C)[C]1C.C[C]1[CH][C](C)[C](C)[C]1C.C[C]1[CH][C](C)[C](C)[C]1C.[Nd]. The van der Waals surface area contributed by atoms with Gasteiger partial charge < -0.3 is 0 Å². The van der Waals surface area contributed by atoms with Gasteiger partial charge in [-0.05, 0) is 90.3 Å². The van der Waals surface area contributed by atoms with Gasteiger partial charge in [-0.2, -0.15) is 0 Å². The van der Waals surface area contributed by atoms with Gasteiger partial charge in [0.15, 0.2) is 0 Å². The summed E-state index contributed by atoms with van der Waals surface area (Å²) in [5.41, 5.74) is 0. The normalized spacial score (nSPS) is 27.0. The van der Waals surface area contributed by atoms with Crippen molar-refractivity contribution < 1.29 is 40.8 Å². The van der Waals surface area contributed by atoms with Gasteiger partial charge in [-0.25, -0.2) is 0 Å². The van der Waals surface area contributed by atoms with E-state index in [1.165, 1.54) is 71.0 Å². The molecule has 15 radical (unpaired) electrons. The molecule has 28 heavy (non-hydrogen) atoms. The maximum absolute atomic E-state index is 2.24. The second-order valence-corrected chi connectivity index (χ2v) is 8.28. The molecule has 3 rings (SSSR count). The van der Waals surface area contributed by atoms with Crippen LogP contribution in [-0.2, 0) is 0 Å². The van der Waals surface area contributed by atoms with E-state index in [0.29, 0.717) is 0 Å². The molecule has 1 heteroatoms. The molecule has 0 spiro atoms. The molecular weight excluding hydrogens is 469 g/mol. The molecule has 0 heterocycles. The van der Waals surface area contributed by atoms with E-state index in [0.717, 1.165) is 0 Å². The van der Waals surface area contributed by atoms with Gasteiger partial charge in [0, 0.05) is 40.8 Å². The van der Waals surface area contributed by atoms with Crippen LogP contribution in [0.15, 0.2) is 0 Å². The summed E-state index contributed by atoms with van der Waals surface area (Å²) in [4.78, 5) is 0. The Morgan fingerprint density at radius 3 is 0.429 bits per heavy atom. The molecule has 0 unspecified atom stereocenters. The first-order valence-corrected chi connectivity index (χ1v) is 9.98. The predicted octanol–water partition coefficient (Wildman–Crippen LogP) is 7.75. The Morgan fingerprint density at radius 1 is 0.286 bits per heavy atom. The summed E-state index contributed by atoms with van der Waals surface area (Å²) in [5, 5.41) is 0. The molecule has 0 aromatic heterocycles. The molecule has 0 bridgehead atoms. The van der Waals surface area contributed by atoms with Crippen molar-refractivity contribution in [3.05, 3.63) is 90.3 Å². The van der Waals surface area contributed by atoms with Crippen molar-refractivity contribution in [3.63, 3.8) is 0 Å². The van der Waals surface area contributed by atoms with Gasteiger partial charge in [-0.3, -0.25) is 0 Å². The van der Waals surface area contributed by atoms with Crippen molar-refractivity contribution in [3.8, 4) is 0 Å². The van der Waals surface area contributed by atoms with Crippen LogP contribution < -0.4 is 0 Å². The van der Waals surface area contributed by atoms with Crippen molar-refractivity contribution in [1.82, 2.24) is 0 Å². The van der Waals surface area contributed by atoms with Crippen LogP contribution in [0.3, 0.4) is 0 Å². The van der Waals surface area contributed by atoms with E-state index in [4.69, 9.17) is 0 Å². The fraction of sp³-hybridized carbons (Fsp3) is 0.444. The summed E-state index contributed by atoms with van der Waals surface area (Å²) in [6.45, 7) is 26.0. The van der Waals surface area contributed by atoms with Crippen LogP contribution in [0.2, 0.25) is 0 Å². The summed E-state index contributed by atoms with van der Waals surface area (Å²) in [6.07, 6.45) is 6.72. The zero-order valence-corrected chi connectivity index (χ0v) is 23.4. The molecule has 0 atom stereocenters. The fourth-order valence-electron chi connectivity index (χ4n) is 3.40. The molecule has 3 fully saturated rings. The quantitative estimate of drug-likeness (QED) is 0.314. The molecule has 3 saturated carbocycles. The molecule has 0 aliphatic heterocycles. The Balaban J connectivity index is 0.000000384. The van der Waals surface area contributed by atoms with Crippen molar-refractivity contribution >= 4 is 0 Å². The van der Waals surface area contributed by atoms with Crippen LogP contribution in [0.4, 0.5) is 0 Å². The molecule has 0 saturated heterocycles. The summed E-state index contributed by atoms with van der Waals surface area (Å²) >= 11 is 0. The monoisotopic (exact) mass is 505 g/mol. The van der Waals surface area contributed by atoms with Gasteiger partial charge in [-0.15, -0.1) is 0 Å². The third kappa shape index (κ3) is 7.80. The first kappa shape index (κ1) is 29.4. The van der Waals surface area contributed by atoms with Crippen LogP contribution in [-0.4, -0.2) is 0 Å². The van der Waals surface area contributed by atoms with Gasteiger partial charge in [-0.1, -0.05) is 83.1 Å². The minimum atomic E-state index is 0. The zero-order chi connectivity index (χ0) is 21.0. The Hall–Kier alpha value is 1.35. The van der Waals surface area contributed by atoms with Gasteiger partial charge in [0.05, 0.1) is 0 Å². The average molecular weight is 508 g/mol. The van der Waals surface area contributed by atoms with Crippen LogP contribution in [0.5, 0.6) is 0 Å². The Bertz CT molecular complexity index is 321. The van der Waals surface area contributed by atoms with E-state index in [9.17, 15) is 0 Å². The van der Waals surface area contributed by atoms with Crippen LogP contribution in [0, 0.1) is 131 Å². The Labute approximate surface area is 212 Å². The Kier molecular flexibility index (Phi) is 13.7. The molecule has 151 valence electrons. The number of hydrogen-bond acceptors (Lipinski definition) is 0. The predicted molar refractivity (Wildman–Crippen MR) is 120 cm³/mol. The van der Waals surface area contributed by atoms with E-state index in [1.54, 1.807) is 0 Å². The summed E-state index contributed by atoms with van der Waals surface area (Å²) in [5.74, 6) is 17.2. The third-order valence-corrected chi connectivity index (χ3v) is 6.54. The average Bonchev–Trinajstić information content (AvgIpc) is 3.07. The van der Waals surface area contributed by atoms with Gasteiger partial charge in [0.1, 0.15) is 0 Å². The first-order valence-electron chi connectivity index (χ1n) is 9.98. The number of hydrogen-bond donors (Lipinski definition) is 0. The first-order chi connectivity index (χ1) is 12.4. The molecule has 0 amide bonds. The van der Waals surface area contributed by atoms with Crippen LogP contribution in [0.25, 0.3) is 0 Å². The van der Waals surface area contributed by atoms with Gasteiger partial charge >= 0.3 is 0 Å². The molecule has 3 aliphatic rings. The largest absolute Gasteiger partial charge is 0.0582 e. The standard InChI is InChI=1S/3C9H13.Nd/c3*1-6-5-7(2)9(4)8(6)3;/h3*5H,1-4H3;. The summed E-state index contributed by atoms with van der Waals surface area (Å²) < 4.78 is 0.